The normalized spacial score (nSPS) is 11.7. The molecule has 3 N–H and O–H groups in total. The topological polar surface area (TPSA) is 142 Å². The van der Waals surface area contributed by atoms with E-state index in [1.54, 1.807) is 41.7 Å². The molecule has 0 radical (unpaired) electrons. The highest BCUT2D eigenvalue weighted by molar-refractivity contribution is 7.90. The lowest BCUT2D eigenvalue weighted by Gasteiger charge is -2.12. The molecule has 0 spiro atoms. The van der Waals surface area contributed by atoms with Crippen LogP contribution in [0.25, 0.3) is 11.0 Å². The van der Waals surface area contributed by atoms with Crippen LogP contribution in [0.2, 0.25) is 5.02 Å². The van der Waals surface area contributed by atoms with Crippen LogP contribution >= 0.6 is 11.6 Å². The molecule has 4 aromatic rings. The predicted molar refractivity (Wildman–Crippen MR) is 119 cm³/mol. The maximum atomic E-state index is 14.8. The van der Waals surface area contributed by atoms with Gasteiger partial charge in [0, 0.05) is 49.1 Å². The van der Waals surface area contributed by atoms with Crippen molar-refractivity contribution in [3.8, 4) is 11.8 Å². The summed E-state index contributed by atoms with van der Waals surface area (Å²) in [4.78, 5) is 20.4. The summed E-state index contributed by atoms with van der Waals surface area (Å²) in [6.07, 6.45) is 4.27. The third-order valence-corrected chi connectivity index (χ3v) is 5.67. The maximum absolute atomic E-state index is 14.8. The highest BCUT2D eigenvalue weighted by Gasteiger charge is 2.19. The average molecular weight is 494 g/mol. The molecular weight excluding hydrogens is 477 g/mol. The zero-order chi connectivity index (χ0) is 23.9. The molecule has 0 aliphatic rings. The van der Waals surface area contributed by atoms with E-state index in [-0.39, 0.29) is 33.9 Å². The molecule has 10 nitrogen and oxygen atoms in total. The minimum atomic E-state index is -4.23. The first-order chi connectivity index (χ1) is 15.5. The monoisotopic (exact) mass is 493 g/mol. The molecule has 4 rings (SSSR count). The van der Waals surface area contributed by atoms with Crippen molar-refractivity contribution >= 4 is 38.6 Å². The fraction of sp³-hybridized carbons (Fsp3) is 0.150. The largest absolute Gasteiger partial charge is 0.424 e. The Hall–Kier alpha value is -3.48. The fourth-order valence-electron chi connectivity index (χ4n) is 3.24. The van der Waals surface area contributed by atoms with Gasteiger partial charge in [-0.25, -0.2) is 24.3 Å². The summed E-state index contributed by atoms with van der Waals surface area (Å²) in [6, 6.07) is 4.67. The van der Waals surface area contributed by atoms with E-state index in [4.69, 9.17) is 25.9 Å². The van der Waals surface area contributed by atoms with Crippen molar-refractivity contribution in [2.24, 2.45) is 12.2 Å². The van der Waals surface area contributed by atoms with E-state index < -0.39 is 27.5 Å². The second kappa shape index (κ2) is 8.46. The van der Waals surface area contributed by atoms with E-state index in [1.807, 2.05) is 0 Å². The van der Waals surface area contributed by atoms with E-state index in [0.717, 1.165) is 0 Å². The Labute approximate surface area is 192 Å². The Balaban J connectivity index is 1.75. The van der Waals surface area contributed by atoms with E-state index >= 15 is 0 Å². The van der Waals surface area contributed by atoms with Gasteiger partial charge >= 0.3 is 11.6 Å². The molecule has 13 heteroatoms. The minimum absolute atomic E-state index is 0.0201. The number of nitrogens with one attached hydrogen (secondary N) is 1. The van der Waals surface area contributed by atoms with E-state index in [1.165, 1.54) is 18.3 Å². The third kappa shape index (κ3) is 4.67. The van der Waals surface area contributed by atoms with Gasteiger partial charge in [0.05, 0.1) is 5.02 Å². The number of nitrogens with zero attached hydrogens (tertiary/aromatic N) is 3. The number of benzene rings is 1. The van der Waals surface area contributed by atoms with Gasteiger partial charge in [-0.05, 0) is 30.2 Å². The Morgan fingerprint density at radius 2 is 2.06 bits per heavy atom. The van der Waals surface area contributed by atoms with Crippen LogP contribution in [-0.4, -0.2) is 23.0 Å². The van der Waals surface area contributed by atoms with E-state index in [2.05, 4.69) is 9.97 Å². The number of anilines is 1. The van der Waals surface area contributed by atoms with Crippen molar-refractivity contribution < 1.29 is 22.0 Å². The smallest absolute Gasteiger partial charge is 0.340 e. The number of pyridine rings is 1. The summed E-state index contributed by atoms with van der Waals surface area (Å²) in [5, 5.41) is 5.67. The Morgan fingerprint density at radius 1 is 1.30 bits per heavy atom. The molecule has 3 heterocycles. The number of hydrogen-bond donors (Lipinski definition) is 2. The van der Waals surface area contributed by atoms with Crippen molar-refractivity contribution in [3.05, 3.63) is 74.7 Å². The predicted octanol–water partition coefficient (Wildman–Crippen LogP) is 3.02. The molecule has 3 aromatic heterocycles. The second-order valence-electron chi connectivity index (χ2n) is 7.15. The molecule has 0 aliphatic heterocycles. The molecule has 0 fully saturated rings. The minimum Gasteiger partial charge on any atom is -0.424 e. The Kier molecular flexibility index (Phi) is 5.82. The summed E-state index contributed by atoms with van der Waals surface area (Å²) >= 11 is 6.38. The van der Waals surface area contributed by atoms with Gasteiger partial charge in [-0.2, -0.15) is 8.42 Å². The molecular formula is C20H17ClFN5O5S. The number of aryl methyl sites for hydroxylation is 2. The first kappa shape index (κ1) is 22.7. The van der Waals surface area contributed by atoms with Crippen molar-refractivity contribution in [1.82, 2.24) is 14.5 Å². The molecule has 0 saturated heterocycles. The molecule has 0 saturated carbocycles. The number of fused-ring (bicyclic) bond motifs is 1. The van der Waals surface area contributed by atoms with Crippen LogP contribution in [0, 0.1) is 12.7 Å². The molecule has 1 aromatic carbocycles. The van der Waals surface area contributed by atoms with Gasteiger partial charge in [0.15, 0.2) is 17.4 Å². The van der Waals surface area contributed by atoms with E-state index in [9.17, 15) is 17.6 Å². The van der Waals surface area contributed by atoms with Crippen LogP contribution in [0.1, 0.15) is 16.7 Å². The molecule has 0 atom stereocenters. The lowest BCUT2D eigenvalue weighted by atomic mass is 10.00. The number of hydrogen-bond acceptors (Lipinski definition) is 7. The van der Waals surface area contributed by atoms with Crippen LogP contribution in [0.15, 0.2) is 46.0 Å². The number of rotatable bonds is 6. The number of halogens is 2. The number of aromatic nitrogens is 3. The van der Waals surface area contributed by atoms with Crippen molar-refractivity contribution in [2.45, 2.75) is 13.3 Å². The maximum Gasteiger partial charge on any atom is 0.340 e. The van der Waals surface area contributed by atoms with Crippen molar-refractivity contribution in [2.75, 3.05) is 4.72 Å². The summed E-state index contributed by atoms with van der Waals surface area (Å²) < 4.78 is 51.8. The summed E-state index contributed by atoms with van der Waals surface area (Å²) in [6.45, 7) is 1.67. The quantitative estimate of drug-likeness (QED) is 0.393. The van der Waals surface area contributed by atoms with Gasteiger partial charge in [0.25, 0.3) is 10.2 Å². The third-order valence-electron chi connectivity index (χ3n) is 4.89. The van der Waals surface area contributed by atoms with Gasteiger partial charge in [-0.15, -0.1) is 0 Å². The van der Waals surface area contributed by atoms with Crippen LogP contribution in [0.4, 0.5) is 10.2 Å². The van der Waals surface area contributed by atoms with Crippen molar-refractivity contribution in [1.29, 1.82) is 0 Å². The molecule has 0 bridgehead atoms. The van der Waals surface area contributed by atoms with Gasteiger partial charge in [-0.1, -0.05) is 11.6 Å². The molecule has 172 valence electrons. The number of nitrogens with two attached hydrogens (primary N) is 1. The summed E-state index contributed by atoms with van der Waals surface area (Å²) in [7, 11) is -2.48. The fourth-order valence-corrected chi connectivity index (χ4v) is 3.85. The number of imidazole rings is 1. The second-order valence-corrected chi connectivity index (χ2v) is 8.85. The van der Waals surface area contributed by atoms with Gasteiger partial charge in [0.1, 0.15) is 5.58 Å². The Morgan fingerprint density at radius 3 is 2.73 bits per heavy atom. The van der Waals surface area contributed by atoms with Gasteiger partial charge < -0.3 is 13.7 Å². The van der Waals surface area contributed by atoms with Crippen LogP contribution in [-0.2, 0) is 23.7 Å². The van der Waals surface area contributed by atoms with Crippen LogP contribution in [0.3, 0.4) is 0 Å². The first-order valence-corrected chi connectivity index (χ1v) is 11.3. The average Bonchev–Trinajstić information content (AvgIpc) is 3.13. The molecule has 0 aliphatic carbocycles. The van der Waals surface area contributed by atoms with Gasteiger partial charge in [0.2, 0.25) is 0 Å². The zero-order valence-electron chi connectivity index (χ0n) is 17.3. The summed E-state index contributed by atoms with van der Waals surface area (Å²) in [5.41, 5.74) is 0.239. The number of ether oxygens (including phenoxy) is 1. The Bertz CT molecular complexity index is 1550. The lowest BCUT2D eigenvalue weighted by Crippen LogP contribution is -2.23. The highest BCUT2D eigenvalue weighted by Crippen LogP contribution is 2.34. The summed E-state index contributed by atoms with van der Waals surface area (Å²) in [5.74, 6) is -1.29. The highest BCUT2D eigenvalue weighted by atomic mass is 35.5. The van der Waals surface area contributed by atoms with Crippen LogP contribution < -0.4 is 20.2 Å². The standard InChI is InChI=1S/C20H17ClFN5O5S/c1-10-12-8-14(21)16(32-20-25-5-6-27(20)2)9-15(12)31-19(28)13(10)7-11-3-4-24-18(17(11)22)26-33(23,29)30/h3-6,8-9H,7H2,1-2H3,(H,24,26)(H2,23,29,30). The van der Waals surface area contributed by atoms with Crippen LogP contribution in [0.5, 0.6) is 11.8 Å². The molecule has 0 unspecified atom stereocenters. The van der Waals surface area contributed by atoms with Crippen molar-refractivity contribution in [3.63, 3.8) is 0 Å². The molecule has 0 amide bonds. The van der Waals surface area contributed by atoms with E-state index in [0.29, 0.717) is 17.0 Å². The SMILES string of the molecule is Cc1c(Cc2ccnc(NS(N)(=O)=O)c2F)c(=O)oc2cc(Oc3nccn3C)c(Cl)cc12. The van der Waals surface area contributed by atoms with Gasteiger partial charge in [-0.3, -0.25) is 4.72 Å². The molecule has 33 heavy (non-hydrogen) atoms. The lowest BCUT2D eigenvalue weighted by molar-refractivity contribution is 0.424. The zero-order valence-corrected chi connectivity index (χ0v) is 18.9. The first-order valence-electron chi connectivity index (χ1n) is 9.38.